The molecular formula is C25H44N2O2. The van der Waals surface area contributed by atoms with Gasteiger partial charge in [0.05, 0.1) is 41.6 Å². The Morgan fingerprint density at radius 3 is 2.28 bits per heavy atom. The van der Waals surface area contributed by atoms with Gasteiger partial charge in [-0.2, -0.15) is 0 Å². The van der Waals surface area contributed by atoms with Crippen LogP contribution in [0.25, 0.3) is 6.08 Å². The van der Waals surface area contributed by atoms with Crippen molar-refractivity contribution in [2.24, 2.45) is 11.3 Å². The van der Waals surface area contributed by atoms with Gasteiger partial charge in [0.15, 0.2) is 0 Å². The zero-order chi connectivity index (χ0) is 22.2. The Bertz CT molecular complexity index is 654. The van der Waals surface area contributed by atoms with Crippen LogP contribution in [0.4, 0.5) is 0 Å². The van der Waals surface area contributed by atoms with Crippen molar-refractivity contribution >= 4 is 6.08 Å². The molecule has 0 saturated heterocycles. The average Bonchev–Trinajstić information content (AvgIpc) is 2.60. The molecule has 4 heteroatoms. The highest BCUT2D eigenvalue weighted by Crippen LogP contribution is 2.27. The second-order valence-corrected chi connectivity index (χ2v) is 10.3. The lowest BCUT2D eigenvalue weighted by Gasteiger charge is -2.24. The van der Waals surface area contributed by atoms with Gasteiger partial charge < -0.3 is 9.84 Å². The van der Waals surface area contributed by atoms with Crippen molar-refractivity contribution < 1.29 is 9.84 Å². The van der Waals surface area contributed by atoms with Crippen molar-refractivity contribution in [1.29, 1.82) is 0 Å². The first-order valence-corrected chi connectivity index (χ1v) is 11.2. The zero-order valence-corrected chi connectivity index (χ0v) is 20.3. The Balaban J connectivity index is 2.54. The molecular weight excluding hydrogens is 360 g/mol. The van der Waals surface area contributed by atoms with Crippen LogP contribution >= 0.6 is 0 Å². The lowest BCUT2D eigenvalue weighted by molar-refractivity contribution is -0.0244. The molecule has 2 atom stereocenters. The molecule has 4 nitrogen and oxygen atoms in total. The van der Waals surface area contributed by atoms with E-state index >= 15 is 0 Å². The standard InChI is InChI=1S/C25H44N2O2/c1-10-20(17-29-25(7,8)9)13-11-12-14-23(28)22-16-26-21(19(3)27-22)15-18(2)24(4,5)6/h15-16,20,23,28H,10-14,17H2,1-9H3/b18-15+. The van der Waals surface area contributed by atoms with Gasteiger partial charge in [-0.15, -0.1) is 0 Å². The summed E-state index contributed by atoms with van der Waals surface area (Å²) in [4.78, 5) is 9.17. The predicted molar refractivity (Wildman–Crippen MR) is 123 cm³/mol. The zero-order valence-electron chi connectivity index (χ0n) is 20.3. The Labute approximate surface area is 179 Å². The van der Waals surface area contributed by atoms with Crippen molar-refractivity contribution in [3.8, 4) is 0 Å². The fourth-order valence-electron chi connectivity index (χ4n) is 2.92. The lowest BCUT2D eigenvalue weighted by atomic mass is 9.87. The molecule has 29 heavy (non-hydrogen) atoms. The molecule has 0 amide bonds. The van der Waals surface area contributed by atoms with Gasteiger partial charge >= 0.3 is 0 Å². The van der Waals surface area contributed by atoms with Gasteiger partial charge in [0, 0.05) is 0 Å². The quantitative estimate of drug-likeness (QED) is 0.442. The average molecular weight is 405 g/mol. The highest BCUT2D eigenvalue weighted by atomic mass is 16.5. The fraction of sp³-hybridized carbons (Fsp3) is 0.760. The number of hydrogen-bond acceptors (Lipinski definition) is 4. The largest absolute Gasteiger partial charge is 0.387 e. The molecule has 1 aromatic heterocycles. The van der Waals surface area contributed by atoms with Gasteiger partial charge in [-0.05, 0) is 64.9 Å². The molecule has 0 bridgehead atoms. The second-order valence-electron chi connectivity index (χ2n) is 10.3. The van der Waals surface area contributed by atoms with E-state index in [9.17, 15) is 5.11 Å². The highest BCUT2D eigenvalue weighted by Gasteiger charge is 2.16. The molecule has 0 fully saturated rings. The molecule has 0 aromatic carbocycles. The van der Waals surface area contributed by atoms with Crippen LogP contribution in [0, 0.1) is 18.3 Å². The van der Waals surface area contributed by atoms with E-state index in [0.29, 0.717) is 11.6 Å². The molecule has 1 heterocycles. The second kappa shape index (κ2) is 11.2. The topological polar surface area (TPSA) is 55.2 Å². The molecule has 0 radical (unpaired) electrons. The molecule has 0 spiro atoms. The number of nitrogens with zero attached hydrogens (tertiary/aromatic N) is 2. The first kappa shape index (κ1) is 25.8. The van der Waals surface area contributed by atoms with E-state index in [1.807, 2.05) is 6.92 Å². The maximum atomic E-state index is 10.5. The third-order valence-corrected chi connectivity index (χ3v) is 5.55. The van der Waals surface area contributed by atoms with Crippen molar-refractivity contribution in [3.05, 3.63) is 28.9 Å². The molecule has 166 valence electrons. The maximum Gasteiger partial charge on any atom is 0.0975 e. The summed E-state index contributed by atoms with van der Waals surface area (Å²) < 4.78 is 5.93. The Kier molecular flexibility index (Phi) is 9.97. The van der Waals surface area contributed by atoms with Gasteiger partial charge in [-0.1, -0.05) is 52.5 Å². The lowest BCUT2D eigenvalue weighted by Crippen LogP contribution is -2.23. The summed E-state index contributed by atoms with van der Waals surface area (Å²) in [5.74, 6) is 0.588. The number of unbranched alkanes of at least 4 members (excludes halogenated alkanes) is 1. The summed E-state index contributed by atoms with van der Waals surface area (Å²) in [6.45, 7) is 20.0. The molecule has 2 unspecified atom stereocenters. The van der Waals surface area contributed by atoms with Crippen LogP contribution in [0.1, 0.15) is 111 Å². The molecule has 1 rings (SSSR count). The van der Waals surface area contributed by atoms with Crippen LogP contribution in [-0.2, 0) is 4.74 Å². The Hall–Kier alpha value is -1.26. The van der Waals surface area contributed by atoms with Crippen molar-refractivity contribution in [1.82, 2.24) is 9.97 Å². The minimum absolute atomic E-state index is 0.0765. The summed E-state index contributed by atoms with van der Waals surface area (Å²) in [6, 6.07) is 0. The first-order valence-electron chi connectivity index (χ1n) is 11.2. The van der Waals surface area contributed by atoms with Crippen LogP contribution in [0.5, 0.6) is 0 Å². The minimum Gasteiger partial charge on any atom is -0.387 e. The van der Waals surface area contributed by atoms with Gasteiger partial charge in [-0.3, -0.25) is 9.97 Å². The van der Waals surface area contributed by atoms with E-state index in [1.165, 1.54) is 5.57 Å². The smallest absolute Gasteiger partial charge is 0.0975 e. The van der Waals surface area contributed by atoms with Crippen LogP contribution in [0.15, 0.2) is 11.8 Å². The van der Waals surface area contributed by atoms with Gasteiger partial charge in [-0.25, -0.2) is 0 Å². The number of allylic oxidation sites excluding steroid dienone is 1. The van der Waals surface area contributed by atoms with Gasteiger partial charge in [0.2, 0.25) is 0 Å². The fourth-order valence-corrected chi connectivity index (χ4v) is 2.92. The normalized spacial score (nSPS) is 15.4. The van der Waals surface area contributed by atoms with E-state index in [2.05, 4.69) is 71.4 Å². The SMILES string of the molecule is CCC(CCCCC(O)c1cnc(/C=C(\C)C(C)(C)C)c(C)n1)COC(C)(C)C. The van der Waals surface area contributed by atoms with Crippen molar-refractivity contribution in [3.63, 3.8) is 0 Å². The van der Waals surface area contributed by atoms with Crippen LogP contribution in [0.2, 0.25) is 0 Å². The number of aliphatic hydroxyl groups excluding tert-OH is 1. The predicted octanol–water partition coefficient (Wildman–Crippen LogP) is 6.67. The van der Waals surface area contributed by atoms with Gasteiger partial charge in [0.25, 0.3) is 0 Å². The molecule has 0 aliphatic rings. The Morgan fingerprint density at radius 1 is 1.14 bits per heavy atom. The third-order valence-electron chi connectivity index (χ3n) is 5.55. The van der Waals surface area contributed by atoms with E-state index in [-0.39, 0.29) is 11.0 Å². The molecule has 0 saturated carbocycles. The number of aromatic nitrogens is 2. The monoisotopic (exact) mass is 404 g/mol. The summed E-state index contributed by atoms with van der Waals surface area (Å²) in [5.41, 5.74) is 3.74. The number of hydrogen-bond donors (Lipinski definition) is 1. The van der Waals surface area contributed by atoms with E-state index in [0.717, 1.165) is 50.1 Å². The summed E-state index contributed by atoms with van der Waals surface area (Å²) in [7, 11) is 0. The molecule has 0 aliphatic heterocycles. The summed E-state index contributed by atoms with van der Waals surface area (Å²) >= 11 is 0. The van der Waals surface area contributed by atoms with Crippen molar-refractivity contribution in [2.75, 3.05) is 6.61 Å². The molecule has 0 aliphatic carbocycles. The number of aryl methyl sites for hydroxylation is 1. The van der Waals surface area contributed by atoms with E-state index in [1.54, 1.807) is 6.20 Å². The van der Waals surface area contributed by atoms with Crippen LogP contribution in [0.3, 0.4) is 0 Å². The van der Waals surface area contributed by atoms with Crippen LogP contribution < -0.4 is 0 Å². The molecule has 1 aromatic rings. The highest BCUT2D eigenvalue weighted by molar-refractivity contribution is 5.51. The number of ether oxygens (including phenoxy) is 1. The third kappa shape index (κ3) is 9.86. The van der Waals surface area contributed by atoms with E-state index in [4.69, 9.17) is 4.74 Å². The minimum atomic E-state index is -0.547. The number of aliphatic hydroxyl groups is 1. The first-order chi connectivity index (χ1) is 13.3. The molecule has 1 N–H and O–H groups in total. The number of rotatable bonds is 10. The Morgan fingerprint density at radius 2 is 1.76 bits per heavy atom. The maximum absolute atomic E-state index is 10.5. The van der Waals surface area contributed by atoms with Gasteiger partial charge in [0.1, 0.15) is 0 Å². The van der Waals surface area contributed by atoms with Crippen molar-refractivity contribution in [2.45, 2.75) is 106 Å². The van der Waals surface area contributed by atoms with Crippen LogP contribution in [-0.4, -0.2) is 27.3 Å². The van der Waals surface area contributed by atoms with E-state index < -0.39 is 6.10 Å². The summed E-state index contributed by atoms with van der Waals surface area (Å²) in [6.07, 6.45) is 8.36. The summed E-state index contributed by atoms with van der Waals surface area (Å²) in [5, 5.41) is 10.5.